The van der Waals surface area contributed by atoms with E-state index in [1.165, 1.54) is 35.7 Å². The highest BCUT2D eigenvalue weighted by Gasteiger charge is 2.30. The van der Waals surface area contributed by atoms with E-state index in [-0.39, 0.29) is 48.3 Å². The summed E-state index contributed by atoms with van der Waals surface area (Å²) >= 11 is 0. The quantitative estimate of drug-likeness (QED) is 0.492. The molecule has 0 bridgehead atoms. The minimum atomic E-state index is -3.91. The summed E-state index contributed by atoms with van der Waals surface area (Å²) in [7, 11) is -6.36. The van der Waals surface area contributed by atoms with E-state index in [0.29, 0.717) is 12.4 Å². The first-order valence-electron chi connectivity index (χ1n) is 10.8. The van der Waals surface area contributed by atoms with Gasteiger partial charge < -0.3 is 19.5 Å². The number of morpholine rings is 1. The van der Waals surface area contributed by atoms with Crippen LogP contribution in [0.4, 0.5) is 11.4 Å². The van der Waals surface area contributed by atoms with Crippen LogP contribution in [0.2, 0.25) is 0 Å². The van der Waals surface area contributed by atoms with E-state index in [9.17, 15) is 21.6 Å². The first-order valence-corrected chi connectivity index (χ1v) is 14.1. The lowest BCUT2D eigenvalue weighted by Gasteiger charge is -2.27. The molecule has 2 aromatic rings. The lowest BCUT2D eigenvalue weighted by molar-refractivity contribution is -0.114. The Morgan fingerprint density at radius 3 is 2.46 bits per heavy atom. The first kappa shape index (κ1) is 26.7. The van der Waals surface area contributed by atoms with Gasteiger partial charge in [-0.1, -0.05) is 6.07 Å². The Labute approximate surface area is 205 Å². The Morgan fingerprint density at radius 2 is 1.83 bits per heavy atom. The molecule has 35 heavy (non-hydrogen) atoms. The number of carbonyl (C=O) groups excluding carboxylic acids is 1. The van der Waals surface area contributed by atoms with Crippen LogP contribution in [-0.4, -0.2) is 79.9 Å². The largest absolute Gasteiger partial charge is 0.495 e. The van der Waals surface area contributed by atoms with E-state index in [1.807, 2.05) is 0 Å². The molecule has 1 saturated heterocycles. The second-order valence-corrected chi connectivity index (χ2v) is 11.4. The number of nitrogens with one attached hydrogen (secondary N) is 1. The molecular formula is C22H29N3O8S2. The molecule has 192 valence electrons. The summed E-state index contributed by atoms with van der Waals surface area (Å²) in [4.78, 5) is 12.7. The van der Waals surface area contributed by atoms with Crippen molar-refractivity contribution >= 4 is 37.3 Å². The van der Waals surface area contributed by atoms with Crippen molar-refractivity contribution in [1.82, 2.24) is 4.31 Å². The van der Waals surface area contributed by atoms with E-state index in [0.717, 1.165) is 10.6 Å². The number of nitrogens with zero attached hydrogens (tertiary/aromatic N) is 2. The maximum absolute atomic E-state index is 13.2. The van der Waals surface area contributed by atoms with Crippen LogP contribution >= 0.6 is 0 Å². The number of carbonyl (C=O) groups is 1. The van der Waals surface area contributed by atoms with Crippen molar-refractivity contribution < 1.29 is 35.8 Å². The molecule has 0 aromatic heterocycles. The third kappa shape index (κ3) is 6.63. The van der Waals surface area contributed by atoms with Crippen molar-refractivity contribution in [3.05, 3.63) is 42.5 Å². The van der Waals surface area contributed by atoms with Gasteiger partial charge in [-0.15, -0.1) is 0 Å². The molecule has 2 aromatic carbocycles. The second kappa shape index (κ2) is 11.2. The standard InChI is InChI=1S/C22H29N3O8S2/c1-4-33-19-7-5-6-18(15-19)25(34(3,27)28)16-22(26)23-17-8-9-20(31-2)21(14-17)35(29,30)24-10-12-32-13-11-24/h5-9,14-15H,4,10-13,16H2,1-3H3,(H,23,26). The minimum Gasteiger partial charge on any atom is -0.495 e. The molecule has 0 saturated carbocycles. The van der Waals surface area contributed by atoms with E-state index in [1.54, 1.807) is 25.1 Å². The van der Waals surface area contributed by atoms with Crippen molar-refractivity contribution in [2.75, 3.05) is 62.4 Å². The molecule has 13 heteroatoms. The lowest BCUT2D eigenvalue weighted by Crippen LogP contribution is -2.40. The summed E-state index contributed by atoms with van der Waals surface area (Å²) in [6.45, 7) is 2.64. The van der Waals surface area contributed by atoms with Crippen LogP contribution in [0.3, 0.4) is 0 Å². The van der Waals surface area contributed by atoms with E-state index < -0.39 is 32.5 Å². The van der Waals surface area contributed by atoms with Gasteiger partial charge in [0.05, 0.1) is 38.9 Å². The van der Waals surface area contributed by atoms with Gasteiger partial charge in [0.15, 0.2) is 0 Å². The van der Waals surface area contributed by atoms with E-state index in [2.05, 4.69) is 5.32 Å². The number of rotatable bonds is 10. The molecule has 1 heterocycles. The van der Waals surface area contributed by atoms with Crippen LogP contribution in [0.1, 0.15) is 6.92 Å². The summed E-state index contributed by atoms with van der Waals surface area (Å²) in [5.41, 5.74) is 0.443. The number of benzene rings is 2. The molecule has 0 unspecified atom stereocenters. The zero-order chi connectivity index (χ0) is 25.6. The second-order valence-electron chi connectivity index (χ2n) is 7.63. The van der Waals surface area contributed by atoms with Gasteiger partial charge >= 0.3 is 0 Å². The lowest BCUT2D eigenvalue weighted by atomic mass is 10.3. The molecule has 1 fully saturated rings. The summed E-state index contributed by atoms with van der Waals surface area (Å²) in [6.07, 6.45) is 0.994. The van der Waals surface area contributed by atoms with E-state index >= 15 is 0 Å². The third-order valence-corrected chi connectivity index (χ3v) is 8.20. The van der Waals surface area contributed by atoms with Crippen LogP contribution in [0.5, 0.6) is 11.5 Å². The van der Waals surface area contributed by atoms with Crippen molar-refractivity contribution in [3.63, 3.8) is 0 Å². The molecule has 3 rings (SSSR count). The highest BCUT2D eigenvalue weighted by molar-refractivity contribution is 7.92. The van der Waals surface area contributed by atoms with Crippen molar-refractivity contribution in [3.8, 4) is 11.5 Å². The highest BCUT2D eigenvalue weighted by atomic mass is 32.2. The molecule has 0 radical (unpaired) electrons. The number of methoxy groups -OCH3 is 1. The number of hydrogen-bond acceptors (Lipinski definition) is 8. The maximum Gasteiger partial charge on any atom is 0.246 e. The smallest absolute Gasteiger partial charge is 0.246 e. The van der Waals surface area contributed by atoms with Gasteiger partial charge in [-0.2, -0.15) is 4.31 Å². The molecule has 1 amide bonds. The SMILES string of the molecule is CCOc1cccc(N(CC(=O)Nc2ccc(OC)c(S(=O)(=O)N3CCOCC3)c2)S(C)(=O)=O)c1. The Morgan fingerprint density at radius 1 is 1.11 bits per heavy atom. The molecule has 0 atom stereocenters. The van der Waals surface area contributed by atoms with Crippen LogP contribution in [0.25, 0.3) is 0 Å². The molecule has 1 aliphatic heterocycles. The number of sulfonamides is 2. The van der Waals surface area contributed by atoms with Gasteiger partial charge in [0.25, 0.3) is 0 Å². The topological polar surface area (TPSA) is 132 Å². The molecule has 0 spiro atoms. The van der Waals surface area contributed by atoms with Crippen LogP contribution in [0, 0.1) is 0 Å². The number of hydrogen-bond donors (Lipinski definition) is 1. The molecule has 1 aliphatic rings. The number of amides is 1. The minimum absolute atomic E-state index is 0.107. The van der Waals surface area contributed by atoms with E-state index in [4.69, 9.17) is 14.2 Å². The average Bonchev–Trinajstić information content (AvgIpc) is 2.83. The van der Waals surface area contributed by atoms with Crippen molar-refractivity contribution in [2.24, 2.45) is 0 Å². The Kier molecular flexibility index (Phi) is 8.59. The van der Waals surface area contributed by atoms with Gasteiger partial charge in [0, 0.05) is 24.8 Å². The average molecular weight is 528 g/mol. The summed E-state index contributed by atoms with van der Waals surface area (Å²) < 4.78 is 69.3. The fraction of sp³-hybridized carbons (Fsp3) is 0.409. The van der Waals surface area contributed by atoms with Gasteiger partial charge in [0.2, 0.25) is 26.0 Å². The predicted octanol–water partition coefficient (Wildman–Crippen LogP) is 1.52. The first-order chi connectivity index (χ1) is 16.6. The predicted molar refractivity (Wildman–Crippen MR) is 131 cm³/mol. The normalized spacial score (nSPS) is 14.8. The van der Waals surface area contributed by atoms with Crippen LogP contribution < -0.4 is 19.1 Å². The summed E-state index contributed by atoms with van der Waals surface area (Å²) in [5, 5.41) is 2.58. The van der Waals surface area contributed by atoms with Crippen molar-refractivity contribution in [1.29, 1.82) is 0 Å². The number of ether oxygens (including phenoxy) is 3. The monoisotopic (exact) mass is 527 g/mol. The van der Waals surface area contributed by atoms with Gasteiger partial charge in [0.1, 0.15) is 22.9 Å². The Hall–Kier alpha value is -2.87. The maximum atomic E-state index is 13.2. The highest BCUT2D eigenvalue weighted by Crippen LogP contribution is 2.30. The van der Waals surface area contributed by atoms with Crippen molar-refractivity contribution in [2.45, 2.75) is 11.8 Å². The third-order valence-electron chi connectivity index (χ3n) is 5.14. The van der Waals surface area contributed by atoms with Gasteiger partial charge in [-0.05, 0) is 37.3 Å². The molecule has 0 aliphatic carbocycles. The fourth-order valence-corrected chi connectivity index (χ4v) is 5.95. The van der Waals surface area contributed by atoms with Gasteiger partial charge in [-0.25, -0.2) is 16.8 Å². The number of anilines is 2. The zero-order valence-corrected chi connectivity index (χ0v) is 21.4. The zero-order valence-electron chi connectivity index (χ0n) is 19.8. The van der Waals surface area contributed by atoms with Crippen LogP contribution in [-0.2, 0) is 29.6 Å². The summed E-state index contributed by atoms with van der Waals surface area (Å²) in [5.74, 6) is -0.0655. The Bertz CT molecular complexity index is 1260. The Balaban J connectivity index is 1.84. The fourth-order valence-electron chi connectivity index (χ4n) is 3.51. The molecular weight excluding hydrogens is 498 g/mol. The van der Waals surface area contributed by atoms with Crippen LogP contribution in [0.15, 0.2) is 47.4 Å². The van der Waals surface area contributed by atoms with Gasteiger partial charge in [-0.3, -0.25) is 9.10 Å². The molecule has 1 N–H and O–H groups in total. The molecule has 11 nitrogen and oxygen atoms in total. The summed E-state index contributed by atoms with van der Waals surface area (Å²) in [6, 6.07) is 10.6.